The van der Waals surface area contributed by atoms with E-state index in [1.165, 1.54) is 6.07 Å². The topological polar surface area (TPSA) is 51.0 Å². The fourth-order valence-electron chi connectivity index (χ4n) is 1.50. The SMILES string of the molecule is CCNCCc1nnc(-c2cccc(F)c2Cl)o1. The maximum absolute atomic E-state index is 13.3. The largest absolute Gasteiger partial charge is 0.421 e. The van der Waals surface area contributed by atoms with E-state index in [0.29, 0.717) is 17.9 Å². The molecule has 0 aliphatic rings. The van der Waals surface area contributed by atoms with Gasteiger partial charge in [-0.25, -0.2) is 4.39 Å². The highest BCUT2D eigenvalue weighted by atomic mass is 35.5. The van der Waals surface area contributed by atoms with Gasteiger partial charge in [0, 0.05) is 13.0 Å². The van der Waals surface area contributed by atoms with Crippen LogP contribution in [0.15, 0.2) is 22.6 Å². The van der Waals surface area contributed by atoms with Crippen LogP contribution in [0, 0.1) is 5.82 Å². The number of halogens is 2. The van der Waals surface area contributed by atoms with E-state index < -0.39 is 5.82 Å². The summed E-state index contributed by atoms with van der Waals surface area (Å²) in [6.45, 7) is 3.66. The lowest BCUT2D eigenvalue weighted by molar-refractivity contribution is 0.496. The molecule has 0 saturated carbocycles. The molecule has 0 aliphatic carbocycles. The van der Waals surface area contributed by atoms with Gasteiger partial charge in [0.2, 0.25) is 11.8 Å². The van der Waals surface area contributed by atoms with Crippen LogP contribution in [0.2, 0.25) is 5.02 Å². The van der Waals surface area contributed by atoms with Crippen molar-refractivity contribution in [2.75, 3.05) is 13.1 Å². The fourth-order valence-corrected chi connectivity index (χ4v) is 1.71. The first-order valence-corrected chi connectivity index (χ1v) is 6.07. The molecule has 18 heavy (non-hydrogen) atoms. The number of rotatable bonds is 5. The summed E-state index contributed by atoms with van der Waals surface area (Å²) in [6, 6.07) is 4.49. The van der Waals surface area contributed by atoms with Crippen molar-refractivity contribution in [3.05, 3.63) is 34.9 Å². The Kier molecular flexibility index (Phi) is 4.28. The standard InChI is InChI=1S/C12H13ClFN3O/c1-2-15-7-6-10-16-17-12(18-10)8-4-3-5-9(14)11(8)13/h3-5,15H,2,6-7H2,1H3. The van der Waals surface area contributed by atoms with Gasteiger partial charge in [0.15, 0.2) is 0 Å². The summed E-state index contributed by atoms with van der Waals surface area (Å²) in [5.74, 6) is 0.249. The number of benzene rings is 1. The van der Waals surface area contributed by atoms with Crippen molar-refractivity contribution in [2.24, 2.45) is 0 Å². The second-order valence-electron chi connectivity index (χ2n) is 3.71. The first-order valence-electron chi connectivity index (χ1n) is 5.70. The van der Waals surface area contributed by atoms with Gasteiger partial charge in [-0.15, -0.1) is 10.2 Å². The molecule has 1 aromatic carbocycles. The highest BCUT2D eigenvalue weighted by Crippen LogP contribution is 2.28. The molecular weight excluding hydrogens is 257 g/mol. The van der Waals surface area contributed by atoms with Crippen LogP contribution in [0.5, 0.6) is 0 Å². The third-order valence-electron chi connectivity index (χ3n) is 2.41. The third kappa shape index (κ3) is 2.86. The molecule has 0 aliphatic heterocycles. The van der Waals surface area contributed by atoms with Gasteiger partial charge in [-0.2, -0.15) is 0 Å². The van der Waals surface area contributed by atoms with E-state index >= 15 is 0 Å². The molecule has 2 aromatic rings. The van der Waals surface area contributed by atoms with Crippen LogP contribution in [0.25, 0.3) is 11.5 Å². The van der Waals surface area contributed by atoms with Crippen LogP contribution in [-0.2, 0) is 6.42 Å². The van der Waals surface area contributed by atoms with Crippen molar-refractivity contribution in [3.63, 3.8) is 0 Å². The van der Waals surface area contributed by atoms with Crippen molar-refractivity contribution < 1.29 is 8.81 Å². The minimum Gasteiger partial charge on any atom is -0.421 e. The smallest absolute Gasteiger partial charge is 0.249 e. The summed E-state index contributed by atoms with van der Waals surface area (Å²) in [5.41, 5.74) is 0.416. The van der Waals surface area contributed by atoms with E-state index in [4.69, 9.17) is 16.0 Å². The Hall–Kier alpha value is -1.46. The number of nitrogens with zero attached hydrogens (tertiary/aromatic N) is 2. The zero-order chi connectivity index (χ0) is 13.0. The Bertz CT molecular complexity index is 530. The molecular formula is C12H13ClFN3O. The maximum Gasteiger partial charge on any atom is 0.249 e. The van der Waals surface area contributed by atoms with Gasteiger partial charge < -0.3 is 9.73 Å². The minimum atomic E-state index is -0.499. The van der Waals surface area contributed by atoms with Crippen molar-refractivity contribution in [1.82, 2.24) is 15.5 Å². The van der Waals surface area contributed by atoms with Crippen LogP contribution in [-0.4, -0.2) is 23.3 Å². The number of hydrogen-bond donors (Lipinski definition) is 1. The molecule has 1 aromatic heterocycles. The molecule has 2 rings (SSSR count). The van der Waals surface area contributed by atoms with E-state index in [9.17, 15) is 4.39 Å². The second-order valence-corrected chi connectivity index (χ2v) is 4.08. The Balaban J connectivity index is 2.16. The average molecular weight is 270 g/mol. The first-order chi connectivity index (χ1) is 8.72. The lowest BCUT2D eigenvalue weighted by Crippen LogP contribution is -2.16. The molecule has 0 spiro atoms. The van der Waals surface area contributed by atoms with Gasteiger partial charge >= 0.3 is 0 Å². The van der Waals surface area contributed by atoms with Crippen molar-refractivity contribution >= 4 is 11.6 Å². The molecule has 96 valence electrons. The summed E-state index contributed by atoms with van der Waals surface area (Å²) < 4.78 is 18.7. The summed E-state index contributed by atoms with van der Waals surface area (Å²) >= 11 is 5.85. The summed E-state index contributed by atoms with van der Waals surface area (Å²) in [5, 5.41) is 10.9. The monoisotopic (exact) mass is 269 g/mol. The molecule has 0 unspecified atom stereocenters. The van der Waals surface area contributed by atoms with Crippen LogP contribution in [0.3, 0.4) is 0 Å². The summed E-state index contributed by atoms with van der Waals surface area (Å²) in [4.78, 5) is 0. The van der Waals surface area contributed by atoms with Gasteiger partial charge in [-0.3, -0.25) is 0 Å². The van der Waals surface area contributed by atoms with Crippen molar-refractivity contribution in [2.45, 2.75) is 13.3 Å². The zero-order valence-corrected chi connectivity index (χ0v) is 10.7. The summed E-state index contributed by atoms with van der Waals surface area (Å²) in [6.07, 6.45) is 0.633. The molecule has 0 radical (unpaired) electrons. The van der Waals surface area contributed by atoms with E-state index in [1.54, 1.807) is 12.1 Å². The lowest BCUT2D eigenvalue weighted by atomic mass is 10.2. The highest BCUT2D eigenvalue weighted by molar-refractivity contribution is 6.33. The number of aromatic nitrogens is 2. The summed E-state index contributed by atoms with van der Waals surface area (Å²) in [7, 11) is 0. The highest BCUT2D eigenvalue weighted by Gasteiger charge is 2.14. The molecule has 4 nitrogen and oxygen atoms in total. The first kappa shape index (κ1) is 13.0. The normalized spacial score (nSPS) is 10.8. The molecule has 0 atom stereocenters. The van der Waals surface area contributed by atoms with Crippen LogP contribution < -0.4 is 5.32 Å². The van der Waals surface area contributed by atoms with E-state index in [1.807, 2.05) is 6.92 Å². The molecule has 0 amide bonds. The van der Waals surface area contributed by atoms with Crippen molar-refractivity contribution in [3.8, 4) is 11.5 Å². The van der Waals surface area contributed by atoms with E-state index in [0.717, 1.165) is 13.1 Å². The van der Waals surface area contributed by atoms with Gasteiger partial charge in [-0.05, 0) is 18.7 Å². The van der Waals surface area contributed by atoms with Gasteiger partial charge in [-0.1, -0.05) is 24.6 Å². The number of hydrogen-bond acceptors (Lipinski definition) is 4. The maximum atomic E-state index is 13.3. The number of likely N-dealkylation sites (N-methyl/N-ethyl adjacent to an activating group) is 1. The van der Waals surface area contributed by atoms with Crippen molar-refractivity contribution in [1.29, 1.82) is 0 Å². The molecule has 1 heterocycles. The Labute approximate surface area is 109 Å². The van der Waals surface area contributed by atoms with Gasteiger partial charge in [0.1, 0.15) is 5.82 Å². The Morgan fingerprint density at radius 1 is 1.39 bits per heavy atom. The predicted molar refractivity (Wildman–Crippen MR) is 66.9 cm³/mol. The molecule has 1 N–H and O–H groups in total. The quantitative estimate of drug-likeness (QED) is 0.848. The number of nitrogens with one attached hydrogen (secondary N) is 1. The lowest BCUT2D eigenvalue weighted by Gasteiger charge is -1.99. The molecule has 6 heteroatoms. The fraction of sp³-hybridized carbons (Fsp3) is 0.333. The third-order valence-corrected chi connectivity index (χ3v) is 2.80. The van der Waals surface area contributed by atoms with E-state index in [2.05, 4.69) is 15.5 Å². The predicted octanol–water partition coefficient (Wildman–Crippen LogP) is 2.68. The Morgan fingerprint density at radius 3 is 3.00 bits per heavy atom. The minimum absolute atomic E-state index is 0.000571. The van der Waals surface area contributed by atoms with E-state index in [-0.39, 0.29) is 10.9 Å². The molecule has 0 bridgehead atoms. The molecule has 0 saturated heterocycles. The average Bonchev–Trinajstić information content (AvgIpc) is 2.82. The van der Waals surface area contributed by atoms with Crippen LogP contribution in [0.4, 0.5) is 4.39 Å². The molecule has 0 fully saturated rings. The van der Waals surface area contributed by atoms with Crippen LogP contribution >= 0.6 is 11.6 Å². The van der Waals surface area contributed by atoms with Gasteiger partial charge in [0.25, 0.3) is 0 Å². The Morgan fingerprint density at radius 2 is 2.22 bits per heavy atom. The van der Waals surface area contributed by atoms with Gasteiger partial charge in [0.05, 0.1) is 10.6 Å². The van der Waals surface area contributed by atoms with Crippen LogP contribution in [0.1, 0.15) is 12.8 Å². The second kappa shape index (κ2) is 5.93. The zero-order valence-electron chi connectivity index (χ0n) is 9.91.